The molecule has 1 amide bonds. The van der Waals surface area contributed by atoms with Crippen molar-refractivity contribution < 1.29 is 14.3 Å². The molecule has 0 saturated carbocycles. The van der Waals surface area contributed by atoms with Crippen LogP contribution in [0.25, 0.3) is 0 Å². The fourth-order valence-electron chi connectivity index (χ4n) is 1.45. The number of hydrogen-bond donors (Lipinski definition) is 1. The molecule has 0 radical (unpaired) electrons. The van der Waals surface area contributed by atoms with Gasteiger partial charge in [-0.05, 0) is 30.5 Å². The Morgan fingerprint density at radius 3 is 2.72 bits per heavy atom. The van der Waals surface area contributed by atoms with Crippen molar-refractivity contribution in [2.45, 2.75) is 19.8 Å². The largest absolute Gasteiger partial charge is 0.468 e. The van der Waals surface area contributed by atoms with Gasteiger partial charge in [-0.15, -0.1) is 0 Å². The second kappa shape index (κ2) is 7.16. The standard InChI is InChI=1S/C13H16BrNO3/c1-9-7-10(3-5-11(9)14)4-6-12(16)15-8-13(17)18-2/h3,5,7H,4,6,8H2,1-2H3,(H,15,16). The van der Waals surface area contributed by atoms with Crippen LogP contribution in [0, 0.1) is 6.92 Å². The predicted molar refractivity (Wildman–Crippen MR) is 72.2 cm³/mol. The maximum Gasteiger partial charge on any atom is 0.325 e. The third-order valence-corrected chi connectivity index (χ3v) is 3.41. The van der Waals surface area contributed by atoms with E-state index >= 15 is 0 Å². The highest BCUT2D eigenvalue weighted by molar-refractivity contribution is 9.10. The molecule has 0 spiro atoms. The number of ether oxygens (including phenoxy) is 1. The van der Waals surface area contributed by atoms with Gasteiger partial charge < -0.3 is 10.1 Å². The van der Waals surface area contributed by atoms with Gasteiger partial charge in [0.25, 0.3) is 0 Å². The first kappa shape index (κ1) is 14.7. The Morgan fingerprint density at radius 1 is 1.39 bits per heavy atom. The number of nitrogens with one attached hydrogen (secondary N) is 1. The van der Waals surface area contributed by atoms with Crippen LogP contribution in [-0.2, 0) is 20.7 Å². The van der Waals surface area contributed by atoms with E-state index in [4.69, 9.17) is 0 Å². The molecule has 0 saturated heterocycles. The van der Waals surface area contributed by atoms with Gasteiger partial charge in [-0.25, -0.2) is 0 Å². The fraction of sp³-hybridized carbons (Fsp3) is 0.385. The number of rotatable bonds is 5. The Labute approximate surface area is 115 Å². The molecular weight excluding hydrogens is 298 g/mol. The number of methoxy groups -OCH3 is 1. The molecule has 0 aromatic heterocycles. The Balaban J connectivity index is 2.38. The molecule has 98 valence electrons. The monoisotopic (exact) mass is 313 g/mol. The van der Waals surface area contributed by atoms with Crippen molar-refractivity contribution in [3.63, 3.8) is 0 Å². The molecule has 0 fully saturated rings. The summed E-state index contributed by atoms with van der Waals surface area (Å²) < 4.78 is 5.49. The SMILES string of the molecule is COC(=O)CNC(=O)CCc1ccc(Br)c(C)c1. The summed E-state index contributed by atoms with van der Waals surface area (Å²) in [5, 5.41) is 2.51. The molecule has 0 aliphatic rings. The predicted octanol–water partition coefficient (Wildman–Crippen LogP) is 1.98. The van der Waals surface area contributed by atoms with Gasteiger partial charge in [-0.2, -0.15) is 0 Å². The number of aryl methyl sites for hydroxylation is 2. The summed E-state index contributed by atoms with van der Waals surface area (Å²) in [5.74, 6) is -0.594. The third kappa shape index (κ3) is 4.87. The van der Waals surface area contributed by atoms with Crippen molar-refractivity contribution in [2.75, 3.05) is 13.7 Å². The average Bonchev–Trinajstić information content (AvgIpc) is 2.37. The summed E-state index contributed by atoms with van der Waals surface area (Å²) in [6.45, 7) is 1.93. The normalized spacial score (nSPS) is 9.94. The van der Waals surface area contributed by atoms with Crippen molar-refractivity contribution in [3.8, 4) is 0 Å². The lowest BCUT2D eigenvalue weighted by Gasteiger charge is -2.05. The molecular formula is C13H16BrNO3. The van der Waals surface area contributed by atoms with E-state index in [1.807, 2.05) is 25.1 Å². The van der Waals surface area contributed by atoms with E-state index in [1.165, 1.54) is 7.11 Å². The quantitative estimate of drug-likeness (QED) is 0.846. The van der Waals surface area contributed by atoms with E-state index in [9.17, 15) is 9.59 Å². The molecule has 1 N–H and O–H groups in total. The van der Waals surface area contributed by atoms with Crippen molar-refractivity contribution in [3.05, 3.63) is 33.8 Å². The first-order valence-corrected chi connectivity index (χ1v) is 6.40. The van der Waals surface area contributed by atoms with Crippen LogP contribution in [0.1, 0.15) is 17.5 Å². The van der Waals surface area contributed by atoms with E-state index < -0.39 is 5.97 Å². The minimum atomic E-state index is -0.442. The summed E-state index contributed by atoms with van der Waals surface area (Å²) in [7, 11) is 1.29. The number of benzene rings is 1. The van der Waals surface area contributed by atoms with Gasteiger partial charge in [-0.3, -0.25) is 9.59 Å². The van der Waals surface area contributed by atoms with Crippen LogP contribution in [-0.4, -0.2) is 25.5 Å². The molecule has 0 bridgehead atoms. The van der Waals surface area contributed by atoms with Crippen LogP contribution in [0.15, 0.2) is 22.7 Å². The summed E-state index contributed by atoms with van der Waals surface area (Å²) in [6.07, 6.45) is 1.01. The Morgan fingerprint density at radius 2 is 2.11 bits per heavy atom. The number of hydrogen-bond acceptors (Lipinski definition) is 3. The minimum absolute atomic E-state index is 0.0747. The first-order chi connectivity index (χ1) is 8.52. The zero-order valence-electron chi connectivity index (χ0n) is 10.5. The van der Waals surface area contributed by atoms with E-state index in [2.05, 4.69) is 26.0 Å². The van der Waals surface area contributed by atoms with Gasteiger partial charge >= 0.3 is 5.97 Å². The van der Waals surface area contributed by atoms with E-state index in [0.717, 1.165) is 15.6 Å². The zero-order chi connectivity index (χ0) is 13.5. The second-order valence-electron chi connectivity index (χ2n) is 3.94. The number of halogens is 1. The summed E-state index contributed by atoms with van der Waals surface area (Å²) >= 11 is 3.43. The molecule has 1 rings (SSSR count). The topological polar surface area (TPSA) is 55.4 Å². The van der Waals surface area contributed by atoms with E-state index in [1.54, 1.807) is 0 Å². The molecule has 1 aromatic rings. The van der Waals surface area contributed by atoms with Gasteiger partial charge in [0.05, 0.1) is 7.11 Å². The molecule has 0 heterocycles. The Kier molecular flexibility index (Phi) is 5.85. The van der Waals surface area contributed by atoms with Crippen LogP contribution in [0.5, 0.6) is 0 Å². The van der Waals surface area contributed by atoms with Crippen molar-refractivity contribution in [1.29, 1.82) is 0 Å². The lowest BCUT2D eigenvalue weighted by Crippen LogP contribution is -2.30. The molecule has 18 heavy (non-hydrogen) atoms. The van der Waals surface area contributed by atoms with Crippen LogP contribution in [0.3, 0.4) is 0 Å². The lowest BCUT2D eigenvalue weighted by atomic mass is 10.1. The molecule has 5 heteroatoms. The van der Waals surface area contributed by atoms with Gasteiger partial charge in [0.15, 0.2) is 0 Å². The number of esters is 1. The van der Waals surface area contributed by atoms with Crippen LogP contribution < -0.4 is 5.32 Å². The number of carbonyl (C=O) groups is 2. The maximum absolute atomic E-state index is 11.5. The minimum Gasteiger partial charge on any atom is -0.468 e. The third-order valence-electron chi connectivity index (χ3n) is 2.52. The lowest BCUT2D eigenvalue weighted by molar-refractivity contribution is -0.141. The molecule has 0 atom stereocenters. The van der Waals surface area contributed by atoms with Crippen molar-refractivity contribution >= 4 is 27.8 Å². The van der Waals surface area contributed by atoms with Gasteiger partial charge in [0.2, 0.25) is 5.91 Å². The summed E-state index contributed by atoms with van der Waals surface area (Å²) in [5.41, 5.74) is 2.24. The fourth-order valence-corrected chi connectivity index (χ4v) is 1.70. The van der Waals surface area contributed by atoms with Crippen molar-refractivity contribution in [1.82, 2.24) is 5.32 Å². The van der Waals surface area contributed by atoms with Crippen LogP contribution in [0.4, 0.5) is 0 Å². The number of carbonyl (C=O) groups excluding carboxylic acids is 2. The highest BCUT2D eigenvalue weighted by Gasteiger charge is 2.06. The first-order valence-electron chi connectivity index (χ1n) is 5.61. The molecule has 0 aliphatic carbocycles. The van der Waals surface area contributed by atoms with E-state index in [0.29, 0.717) is 12.8 Å². The molecule has 1 aromatic carbocycles. The number of amides is 1. The maximum atomic E-state index is 11.5. The van der Waals surface area contributed by atoms with Crippen LogP contribution >= 0.6 is 15.9 Å². The smallest absolute Gasteiger partial charge is 0.325 e. The van der Waals surface area contributed by atoms with Crippen LogP contribution in [0.2, 0.25) is 0 Å². The zero-order valence-corrected chi connectivity index (χ0v) is 12.0. The highest BCUT2D eigenvalue weighted by atomic mass is 79.9. The Bertz CT molecular complexity index is 446. The molecule has 4 nitrogen and oxygen atoms in total. The summed E-state index contributed by atoms with van der Waals surface area (Å²) in [4.78, 5) is 22.3. The van der Waals surface area contributed by atoms with Gasteiger partial charge in [-0.1, -0.05) is 28.1 Å². The Hall–Kier alpha value is -1.36. The molecule has 0 aliphatic heterocycles. The second-order valence-corrected chi connectivity index (χ2v) is 4.79. The van der Waals surface area contributed by atoms with Crippen molar-refractivity contribution in [2.24, 2.45) is 0 Å². The summed E-state index contributed by atoms with van der Waals surface area (Å²) in [6, 6.07) is 5.99. The highest BCUT2D eigenvalue weighted by Crippen LogP contribution is 2.17. The average molecular weight is 314 g/mol. The van der Waals surface area contributed by atoms with Gasteiger partial charge in [0.1, 0.15) is 6.54 Å². The molecule has 0 unspecified atom stereocenters. The van der Waals surface area contributed by atoms with E-state index in [-0.39, 0.29) is 12.5 Å². The van der Waals surface area contributed by atoms with Gasteiger partial charge in [0, 0.05) is 10.9 Å².